The van der Waals surface area contributed by atoms with Crippen molar-refractivity contribution < 1.29 is 28.7 Å². The van der Waals surface area contributed by atoms with Crippen molar-refractivity contribution in [3.63, 3.8) is 0 Å². The van der Waals surface area contributed by atoms with E-state index in [2.05, 4.69) is 69.8 Å². The summed E-state index contributed by atoms with van der Waals surface area (Å²) in [4.78, 5) is 74.5. The van der Waals surface area contributed by atoms with Gasteiger partial charge in [-0.2, -0.15) is 10.2 Å². The second-order valence-electron chi connectivity index (χ2n) is 22.6. The van der Waals surface area contributed by atoms with Gasteiger partial charge in [0.15, 0.2) is 12.1 Å². The largest absolute Gasteiger partial charge is 0.357 e. The molecule has 0 radical (unpaired) electrons. The van der Waals surface area contributed by atoms with E-state index in [-0.39, 0.29) is 48.2 Å². The lowest BCUT2D eigenvalue weighted by molar-refractivity contribution is -0.136. The van der Waals surface area contributed by atoms with E-state index in [0.29, 0.717) is 49.8 Å². The fourth-order valence-corrected chi connectivity index (χ4v) is 12.8. The Labute approximate surface area is 489 Å². The van der Waals surface area contributed by atoms with Crippen LogP contribution in [0.1, 0.15) is 125 Å². The number of aryl methyl sites for hydroxylation is 2. The summed E-state index contributed by atoms with van der Waals surface area (Å²) in [5, 5.41) is 16.4. The monoisotopic (exact) mass is 1150 g/mol. The molecule has 6 aliphatic rings. The number of pyridine rings is 2. The van der Waals surface area contributed by atoms with E-state index in [1.54, 1.807) is 23.1 Å². The normalized spacial score (nSPS) is 22.3. The number of ether oxygens (including phenoxy) is 2. The molecule has 19 nitrogen and oxygen atoms in total. The van der Waals surface area contributed by atoms with E-state index in [0.717, 1.165) is 148 Å². The van der Waals surface area contributed by atoms with E-state index in [1.807, 2.05) is 71.1 Å². The third-order valence-corrected chi connectivity index (χ3v) is 17.8. The molecule has 4 amide bonds. The van der Waals surface area contributed by atoms with Gasteiger partial charge in [0.1, 0.15) is 36.3 Å². The summed E-state index contributed by atoms with van der Waals surface area (Å²) < 4.78 is 15.4. The van der Waals surface area contributed by atoms with Crippen LogP contribution in [-0.4, -0.2) is 141 Å². The van der Waals surface area contributed by atoms with Crippen LogP contribution in [0.5, 0.6) is 0 Å². The molecule has 2 N–H and O–H groups in total. The number of benzene rings is 2. The fourth-order valence-electron chi connectivity index (χ4n) is 12.6. The van der Waals surface area contributed by atoms with E-state index < -0.39 is 12.1 Å². The molecule has 0 bridgehead atoms. The van der Waals surface area contributed by atoms with Crippen LogP contribution in [0.3, 0.4) is 0 Å². The maximum atomic E-state index is 13.5. The fraction of sp³-hybridized carbons (Fsp3) is 0.492. The molecule has 4 aromatic heterocycles. The smallest absolute Gasteiger partial charge is 0.248 e. The van der Waals surface area contributed by atoms with E-state index in [4.69, 9.17) is 32.7 Å². The molecule has 6 fully saturated rings. The molecule has 10 heterocycles. The van der Waals surface area contributed by atoms with Gasteiger partial charge in [-0.1, -0.05) is 47.5 Å². The molecule has 82 heavy (non-hydrogen) atoms. The van der Waals surface area contributed by atoms with Crippen molar-refractivity contribution in [3.8, 4) is 22.5 Å². The zero-order valence-electron chi connectivity index (χ0n) is 46.8. The van der Waals surface area contributed by atoms with Gasteiger partial charge in [-0.15, -0.1) is 0 Å². The second kappa shape index (κ2) is 26.3. The third-order valence-electron chi connectivity index (χ3n) is 16.9. The zero-order valence-corrected chi connectivity index (χ0v) is 48.3. The van der Waals surface area contributed by atoms with Crippen LogP contribution in [0.15, 0.2) is 91.8 Å². The standard InChI is InChI=1S/C31H37ClN6O3.C30H36ClN7O3/c1-21-16-22(5-6-26(21)32)19-36-13-10-25(11-14-36)38-27(7-8-29(38)39)31(40)35-28-17-23(9-12-33-28)24-18-34-37(20-24)30-4-2-3-15-41-30;1-20-16-21(5-6-24(20)31)18-36-13-10-23(11-14-36)37-25(7-8-27(37)39)30(40)35-26-17-22(9-12-32-26)29-33-19-34-38(29)28-4-2-3-15-41-28/h5-6,9,12,16-18,20,25,27,30H,2-4,7-8,10-11,13-15,19H2,1H3,(H,33,35,40);5-6,9,12,16-17,19,23,25,28H,2-4,7-8,10-11,13-15,18H2,1H3,(H,32,35,40). The predicted octanol–water partition coefficient (Wildman–Crippen LogP) is 9.80. The highest BCUT2D eigenvalue weighted by Gasteiger charge is 2.43. The molecule has 4 atom stereocenters. The number of aromatic nitrogens is 7. The second-order valence-corrected chi connectivity index (χ2v) is 23.4. The third kappa shape index (κ3) is 13.6. The Morgan fingerprint density at radius 2 is 1.10 bits per heavy atom. The molecule has 4 unspecified atom stereocenters. The summed E-state index contributed by atoms with van der Waals surface area (Å²) in [5.41, 5.74) is 7.29. The van der Waals surface area contributed by atoms with Crippen LogP contribution in [0, 0.1) is 13.8 Å². The van der Waals surface area contributed by atoms with Crippen LogP contribution in [0.4, 0.5) is 11.6 Å². The van der Waals surface area contributed by atoms with Crippen LogP contribution >= 0.6 is 23.2 Å². The van der Waals surface area contributed by atoms with Gasteiger partial charge in [-0.25, -0.2) is 24.3 Å². The van der Waals surface area contributed by atoms with Crippen LogP contribution in [-0.2, 0) is 41.7 Å². The van der Waals surface area contributed by atoms with Crippen molar-refractivity contribution >= 4 is 58.5 Å². The number of anilines is 2. The molecule has 0 spiro atoms. The highest BCUT2D eigenvalue weighted by Crippen LogP contribution is 2.33. The predicted molar refractivity (Wildman–Crippen MR) is 312 cm³/mol. The molecule has 6 saturated heterocycles. The Balaban J connectivity index is 0.000000172. The number of piperidine rings is 2. The number of nitrogens with one attached hydrogen (secondary N) is 2. The lowest BCUT2D eigenvalue weighted by Gasteiger charge is -2.39. The Kier molecular flexibility index (Phi) is 18.4. The van der Waals surface area contributed by atoms with Gasteiger partial charge in [-0.05, 0) is 155 Å². The number of likely N-dealkylation sites (tertiary alicyclic amines) is 4. The molecule has 0 aliphatic carbocycles. The highest BCUT2D eigenvalue weighted by atomic mass is 35.5. The summed E-state index contributed by atoms with van der Waals surface area (Å²) in [6.45, 7) is 10.7. The minimum Gasteiger partial charge on any atom is -0.357 e. The maximum Gasteiger partial charge on any atom is 0.248 e. The van der Waals surface area contributed by atoms with Gasteiger partial charge in [0, 0.05) is 117 Å². The molecule has 12 rings (SSSR count). The Bertz CT molecular complexity index is 3220. The average Bonchev–Trinajstić information content (AvgIpc) is 4.54. The van der Waals surface area contributed by atoms with E-state index in [9.17, 15) is 19.2 Å². The van der Waals surface area contributed by atoms with Crippen LogP contribution < -0.4 is 10.6 Å². The van der Waals surface area contributed by atoms with Crippen molar-refractivity contribution in [1.82, 2.24) is 54.1 Å². The molecule has 2 aromatic carbocycles. The molecule has 0 saturated carbocycles. The van der Waals surface area contributed by atoms with Gasteiger partial charge in [-0.3, -0.25) is 29.0 Å². The molecule has 432 valence electrons. The summed E-state index contributed by atoms with van der Waals surface area (Å²) in [6, 6.07) is 18.9. The number of carbonyl (C=O) groups is 4. The Morgan fingerprint density at radius 3 is 1.61 bits per heavy atom. The van der Waals surface area contributed by atoms with E-state index >= 15 is 0 Å². The van der Waals surface area contributed by atoms with Crippen LogP contribution in [0.25, 0.3) is 22.5 Å². The first-order valence-electron chi connectivity index (χ1n) is 29.2. The summed E-state index contributed by atoms with van der Waals surface area (Å²) >= 11 is 12.4. The molecule has 21 heteroatoms. The zero-order chi connectivity index (χ0) is 56.7. The number of carbonyl (C=O) groups excluding carboxylic acids is 4. The van der Waals surface area contributed by atoms with Crippen molar-refractivity contribution in [2.45, 2.75) is 153 Å². The van der Waals surface area contributed by atoms with Crippen molar-refractivity contribution in [1.29, 1.82) is 0 Å². The number of hydrogen-bond donors (Lipinski definition) is 2. The van der Waals surface area contributed by atoms with Crippen LogP contribution in [0.2, 0.25) is 10.0 Å². The number of halogens is 2. The van der Waals surface area contributed by atoms with Gasteiger partial charge in [0.2, 0.25) is 23.6 Å². The lowest BCUT2D eigenvalue weighted by atomic mass is 10.0. The average molecular weight is 1160 g/mol. The number of nitrogens with zero attached hydrogens (tertiary/aromatic N) is 11. The number of amides is 4. The van der Waals surface area contributed by atoms with Crippen molar-refractivity contribution in [2.75, 3.05) is 50.0 Å². The first kappa shape index (κ1) is 57.2. The summed E-state index contributed by atoms with van der Waals surface area (Å²) in [5.74, 6) is 1.33. The SMILES string of the molecule is Cc1cc(CN2CCC(N3C(=O)CCC3C(=O)Nc3cc(-c4cnn(C5CCCCO5)c4)ccn3)CC2)ccc1Cl.Cc1cc(CN2CCC(N3C(=O)CCC3C(=O)Nc3cc(-c4ncnn4C4CCCCO4)ccn3)CC2)ccc1Cl. The van der Waals surface area contributed by atoms with Gasteiger partial charge >= 0.3 is 0 Å². The minimum atomic E-state index is -0.497. The van der Waals surface area contributed by atoms with E-state index in [1.165, 1.54) is 17.5 Å². The number of rotatable bonds is 14. The quantitative estimate of drug-likeness (QED) is 0.105. The topological polar surface area (TPSA) is 198 Å². The maximum absolute atomic E-state index is 13.5. The lowest BCUT2D eigenvalue weighted by Crippen LogP contribution is -2.51. The van der Waals surface area contributed by atoms with Gasteiger partial charge < -0.3 is 29.9 Å². The minimum absolute atomic E-state index is 0.0297. The Morgan fingerprint density at radius 1 is 0.585 bits per heavy atom. The Hall–Kier alpha value is -6.61. The summed E-state index contributed by atoms with van der Waals surface area (Å²) in [7, 11) is 0. The summed E-state index contributed by atoms with van der Waals surface area (Å²) in [6.07, 6.45) is 19.9. The first-order valence-corrected chi connectivity index (χ1v) is 29.9. The van der Waals surface area contributed by atoms with Crippen molar-refractivity contribution in [3.05, 3.63) is 124 Å². The van der Waals surface area contributed by atoms with Crippen molar-refractivity contribution in [2.24, 2.45) is 0 Å². The molecule has 6 aliphatic heterocycles. The molecular weight excluding hydrogens is 1080 g/mol. The first-order chi connectivity index (χ1) is 39.9. The highest BCUT2D eigenvalue weighted by molar-refractivity contribution is 6.31. The van der Waals surface area contributed by atoms with Gasteiger partial charge in [0.05, 0.1) is 6.20 Å². The van der Waals surface area contributed by atoms with Gasteiger partial charge in [0.25, 0.3) is 0 Å². The number of hydrogen-bond acceptors (Lipinski definition) is 13. The molecule has 6 aromatic rings. The molecular formula is C61H73Cl2N13O6.